The van der Waals surface area contributed by atoms with E-state index in [4.69, 9.17) is 5.11 Å². The molecule has 1 atom stereocenters. The van der Waals surface area contributed by atoms with Gasteiger partial charge in [0.2, 0.25) is 5.76 Å². The normalized spacial score (nSPS) is 17.0. The van der Waals surface area contributed by atoms with Crippen molar-refractivity contribution < 1.29 is 19.2 Å². The summed E-state index contributed by atoms with van der Waals surface area (Å²) in [6.07, 6.45) is 2.54. The summed E-state index contributed by atoms with van der Waals surface area (Å²) in [4.78, 5) is 22.7. The number of aryl methyl sites for hydroxylation is 1. The lowest BCUT2D eigenvalue weighted by molar-refractivity contribution is 0.0651. The van der Waals surface area contributed by atoms with Crippen LogP contribution in [0.15, 0.2) is 34.9 Å². The molecule has 0 aliphatic heterocycles. The molecule has 21 heavy (non-hydrogen) atoms. The molecule has 3 rings (SSSR count). The molecule has 1 heterocycles. The molecule has 1 aromatic heterocycles. The summed E-state index contributed by atoms with van der Waals surface area (Å²) < 4.78 is 4.58. The molecule has 108 valence electrons. The minimum atomic E-state index is -1.24. The third-order valence-corrected chi connectivity index (χ3v) is 3.64. The van der Waals surface area contributed by atoms with Crippen LogP contribution in [0.1, 0.15) is 38.6 Å². The van der Waals surface area contributed by atoms with Gasteiger partial charge in [0, 0.05) is 12.1 Å². The molecule has 0 spiro atoms. The van der Waals surface area contributed by atoms with Crippen molar-refractivity contribution in [1.29, 1.82) is 0 Å². The molecule has 2 aromatic rings. The van der Waals surface area contributed by atoms with E-state index in [1.54, 1.807) is 0 Å². The van der Waals surface area contributed by atoms with E-state index in [9.17, 15) is 9.59 Å². The number of carbonyl (C=O) groups excluding carboxylic acids is 1. The molecule has 1 aromatic carbocycles. The molecule has 1 aliphatic carbocycles. The van der Waals surface area contributed by atoms with Gasteiger partial charge in [-0.05, 0) is 30.4 Å². The molecule has 6 nitrogen and oxygen atoms in total. The summed E-state index contributed by atoms with van der Waals surface area (Å²) >= 11 is 0. The lowest BCUT2D eigenvalue weighted by Crippen LogP contribution is -2.39. The maximum absolute atomic E-state index is 12.0. The van der Waals surface area contributed by atoms with Crippen LogP contribution in [0.5, 0.6) is 0 Å². The Morgan fingerprint density at radius 2 is 2.05 bits per heavy atom. The molecule has 2 N–H and O–H groups in total. The van der Waals surface area contributed by atoms with Crippen LogP contribution in [0.25, 0.3) is 0 Å². The molecule has 6 heteroatoms. The van der Waals surface area contributed by atoms with E-state index >= 15 is 0 Å². The zero-order valence-corrected chi connectivity index (χ0v) is 11.2. The molecular weight excluding hydrogens is 272 g/mol. The van der Waals surface area contributed by atoms with Crippen LogP contribution >= 0.6 is 0 Å². The number of aromatic nitrogens is 1. The van der Waals surface area contributed by atoms with Gasteiger partial charge in [0.1, 0.15) is 0 Å². The fourth-order valence-corrected chi connectivity index (χ4v) is 2.56. The number of hydrogen-bond acceptors (Lipinski definition) is 4. The van der Waals surface area contributed by atoms with Gasteiger partial charge in [-0.25, -0.2) is 4.79 Å². The summed E-state index contributed by atoms with van der Waals surface area (Å²) in [5, 5.41) is 15.1. The summed E-state index contributed by atoms with van der Waals surface area (Å²) in [5.41, 5.74) is 2.55. The molecule has 0 radical (unpaired) electrons. The molecule has 0 saturated heterocycles. The van der Waals surface area contributed by atoms with E-state index in [1.807, 2.05) is 12.1 Å². The van der Waals surface area contributed by atoms with Crippen LogP contribution in [0.4, 0.5) is 0 Å². The van der Waals surface area contributed by atoms with Crippen LogP contribution in [-0.4, -0.2) is 28.2 Å². The minimum Gasteiger partial charge on any atom is -0.475 e. The van der Waals surface area contributed by atoms with E-state index < -0.39 is 11.9 Å². The number of carbonyl (C=O) groups is 2. The predicted octanol–water partition coefficient (Wildman–Crippen LogP) is 1.66. The zero-order valence-electron chi connectivity index (χ0n) is 11.2. The Morgan fingerprint density at radius 3 is 2.76 bits per heavy atom. The Labute approximate surface area is 120 Å². The van der Waals surface area contributed by atoms with Gasteiger partial charge in [-0.3, -0.25) is 4.79 Å². The first-order chi connectivity index (χ1) is 10.1. The van der Waals surface area contributed by atoms with Gasteiger partial charge in [0.05, 0.1) is 0 Å². The topological polar surface area (TPSA) is 92.4 Å². The molecule has 1 unspecified atom stereocenters. The lowest BCUT2D eigenvalue weighted by atomic mass is 9.88. The standard InChI is InChI=1S/C15H14N2O4/c18-14(12-8-13(15(19)20)21-17-12)16-11-6-5-9-3-1-2-4-10(9)7-11/h1-4,8,11H,5-7H2,(H,16,18)(H,19,20). The fraction of sp³-hybridized carbons (Fsp3) is 0.267. The molecule has 1 aliphatic rings. The van der Waals surface area contributed by atoms with Gasteiger partial charge >= 0.3 is 5.97 Å². The van der Waals surface area contributed by atoms with E-state index in [-0.39, 0.29) is 17.5 Å². The number of carboxylic acids is 1. The smallest absolute Gasteiger partial charge is 0.374 e. The zero-order chi connectivity index (χ0) is 14.8. The van der Waals surface area contributed by atoms with Gasteiger partial charge in [0.15, 0.2) is 5.69 Å². The predicted molar refractivity (Wildman–Crippen MR) is 73.2 cm³/mol. The molecular formula is C15H14N2O4. The maximum Gasteiger partial charge on any atom is 0.374 e. The van der Waals surface area contributed by atoms with E-state index in [0.29, 0.717) is 0 Å². The van der Waals surface area contributed by atoms with Crippen LogP contribution in [-0.2, 0) is 12.8 Å². The second-order valence-corrected chi connectivity index (χ2v) is 5.06. The first kappa shape index (κ1) is 13.4. The largest absolute Gasteiger partial charge is 0.475 e. The van der Waals surface area contributed by atoms with Crippen LogP contribution in [0.3, 0.4) is 0 Å². The number of fused-ring (bicyclic) bond motifs is 1. The lowest BCUT2D eigenvalue weighted by Gasteiger charge is -2.25. The Morgan fingerprint density at radius 1 is 1.29 bits per heavy atom. The summed E-state index contributed by atoms with van der Waals surface area (Å²) in [7, 11) is 0. The van der Waals surface area contributed by atoms with Gasteiger partial charge < -0.3 is 14.9 Å². The summed E-state index contributed by atoms with van der Waals surface area (Å²) in [6, 6.07) is 9.32. The highest BCUT2D eigenvalue weighted by atomic mass is 16.5. The quantitative estimate of drug-likeness (QED) is 0.895. The van der Waals surface area contributed by atoms with Crippen molar-refractivity contribution in [3.8, 4) is 0 Å². The highest BCUT2D eigenvalue weighted by Gasteiger charge is 2.22. The SMILES string of the molecule is O=C(NC1CCc2ccccc2C1)c1cc(C(=O)O)on1. The molecule has 1 amide bonds. The van der Waals surface area contributed by atoms with Crippen molar-refractivity contribution in [2.75, 3.05) is 0 Å². The van der Waals surface area contributed by atoms with Crippen molar-refractivity contribution in [2.24, 2.45) is 0 Å². The number of nitrogens with zero attached hydrogens (tertiary/aromatic N) is 1. The van der Waals surface area contributed by atoms with Crippen molar-refractivity contribution in [3.63, 3.8) is 0 Å². The Balaban J connectivity index is 1.67. The number of hydrogen-bond donors (Lipinski definition) is 2. The van der Waals surface area contributed by atoms with Gasteiger partial charge in [-0.1, -0.05) is 29.4 Å². The number of amides is 1. The van der Waals surface area contributed by atoms with Crippen LogP contribution in [0.2, 0.25) is 0 Å². The van der Waals surface area contributed by atoms with Crippen molar-refractivity contribution in [3.05, 3.63) is 52.9 Å². The average molecular weight is 286 g/mol. The minimum absolute atomic E-state index is 0.00809. The molecule has 0 saturated carbocycles. The van der Waals surface area contributed by atoms with Crippen molar-refractivity contribution in [2.45, 2.75) is 25.3 Å². The number of rotatable bonds is 3. The monoisotopic (exact) mass is 286 g/mol. The summed E-state index contributed by atoms with van der Waals surface area (Å²) in [5.74, 6) is -1.99. The van der Waals surface area contributed by atoms with Gasteiger partial charge in [-0.15, -0.1) is 0 Å². The van der Waals surface area contributed by atoms with Gasteiger partial charge in [-0.2, -0.15) is 0 Å². The Bertz CT molecular complexity index is 692. The molecule has 0 bridgehead atoms. The maximum atomic E-state index is 12.0. The number of nitrogens with one attached hydrogen (secondary N) is 1. The van der Waals surface area contributed by atoms with Crippen LogP contribution < -0.4 is 5.32 Å². The van der Waals surface area contributed by atoms with E-state index in [0.717, 1.165) is 25.3 Å². The van der Waals surface area contributed by atoms with Crippen LogP contribution in [0, 0.1) is 0 Å². The van der Waals surface area contributed by atoms with E-state index in [2.05, 4.69) is 27.1 Å². The first-order valence-corrected chi connectivity index (χ1v) is 6.71. The molecule has 0 fully saturated rings. The van der Waals surface area contributed by atoms with Gasteiger partial charge in [0.25, 0.3) is 5.91 Å². The number of benzene rings is 1. The summed E-state index contributed by atoms with van der Waals surface area (Å²) in [6.45, 7) is 0. The third-order valence-electron chi connectivity index (χ3n) is 3.64. The van der Waals surface area contributed by atoms with Crippen molar-refractivity contribution >= 4 is 11.9 Å². The van der Waals surface area contributed by atoms with Crippen molar-refractivity contribution in [1.82, 2.24) is 10.5 Å². The van der Waals surface area contributed by atoms with E-state index in [1.165, 1.54) is 11.1 Å². The highest BCUT2D eigenvalue weighted by Crippen LogP contribution is 2.21. The fourth-order valence-electron chi connectivity index (χ4n) is 2.56. The third kappa shape index (κ3) is 2.79. The Hall–Kier alpha value is -2.63. The highest BCUT2D eigenvalue weighted by molar-refractivity contribution is 5.95. The Kier molecular flexibility index (Phi) is 3.43. The number of aromatic carboxylic acids is 1. The first-order valence-electron chi connectivity index (χ1n) is 6.71. The number of carboxylic acid groups (broad SMARTS) is 1. The second-order valence-electron chi connectivity index (χ2n) is 5.06. The average Bonchev–Trinajstić information content (AvgIpc) is 2.97. The second kappa shape index (κ2) is 5.40.